The molecule has 72 valence electrons. The van der Waals surface area contributed by atoms with Crippen molar-refractivity contribution in [3.8, 4) is 0 Å². The van der Waals surface area contributed by atoms with E-state index in [4.69, 9.17) is 11.6 Å². The van der Waals surface area contributed by atoms with Crippen LogP contribution in [0, 0.1) is 0 Å². The highest BCUT2D eigenvalue weighted by Crippen LogP contribution is 2.15. The molecular weight excluding hydrogens is 273 g/mol. The molecule has 4 nitrogen and oxygen atoms in total. The molecule has 0 saturated carbocycles. The summed E-state index contributed by atoms with van der Waals surface area (Å²) in [5.41, 5.74) is -0.948. The highest BCUT2D eigenvalue weighted by atomic mass is 79.9. The highest BCUT2D eigenvalue weighted by Gasteiger charge is 2.11. The van der Waals surface area contributed by atoms with E-state index in [0.717, 1.165) is 6.20 Å². The van der Waals surface area contributed by atoms with Crippen molar-refractivity contribution in [2.45, 2.75) is 6.61 Å². The number of hydrogen-bond acceptors (Lipinski definition) is 3. The zero-order valence-corrected chi connectivity index (χ0v) is 8.22. The summed E-state index contributed by atoms with van der Waals surface area (Å²) in [6, 6.07) is 0. The molecule has 0 aromatic carbocycles. The molecule has 1 aromatic heterocycles. The second-order valence-electron chi connectivity index (χ2n) is 1.85. The largest absolute Gasteiger partial charge is 0.407 e. The monoisotopic (exact) mass is 274 g/mol. The van der Waals surface area contributed by atoms with Crippen molar-refractivity contribution in [2.24, 2.45) is 0 Å². The first-order valence-electron chi connectivity index (χ1n) is 2.91. The third-order valence-electron chi connectivity index (χ3n) is 1.03. The molecule has 13 heavy (non-hydrogen) atoms. The fraction of sp³-hybridized carbons (Fsp3) is 0.200. The molecule has 1 heterocycles. The van der Waals surface area contributed by atoms with E-state index in [2.05, 4.69) is 25.9 Å². The molecule has 1 rings (SSSR count). The Morgan fingerprint density at radius 3 is 2.85 bits per heavy atom. The SMILES string of the molecule is O=c1c(Cl)c(Br)cnn1OC(F)F. The fourth-order valence-electron chi connectivity index (χ4n) is 0.549. The molecule has 8 heteroatoms. The van der Waals surface area contributed by atoms with Gasteiger partial charge < -0.3 is 4.84 Å². The fourth-order valence-corrected chi connectivity index (χ4v) is 0.931. The van der Waals surface area contributed by atoms with Crippen molar-refractivity contribution >= 4 is 27.5 Å². The summed E-state index contributed by atoms with van der Waals surface area (Å²) in [6.07, 6.45) is 1.08. The lowest BCUT2D eigenvalue weighted by Crippen LogP contribution is -2.32. The molecule has 0 fully saturated rings. The maximum Gasteiger partial charge on any atom is 0.407 e. The van der Waals surface area contributed by atoms with Crippen LogP contribution < -0.4 is 10.4 Å². The van der Waals surface area contributed by atoms with E-state index in [0.29, 0.717) is 0 Å². The van der Waals surface area contributed by atoms with E-state index >= 15 is 0 Å². The van der Waals surface area contributed by atoms with Gasteiger partial charge in [0.05, 0.1) is 10.7 Å². The Kier molecular flexibility index (Phi) is 3.21. The second kappa shape index (κ2) is 4.01. The van der Waals surface area contributed by atoms with Crippen molar-refractivity contribution in [3.63, 3.8) is 0 Å². The first-order chi connectivity index (χ1) is 6.02. The first kappa shape index (κ1) is 10.4. The van der Waals surface area contributed by atoms with Gasteiger partial charge in [0, 0.05) is 0 Å². The van der Waals surface area contributed by atoms with Crippen LogP contribution in [0.15, 0.2) is 15.5 Å². The predicted octanol–water partition coefficient (Wildman–Crippen LogP) is 1.31. The van der Waals surface area contributed by atoms with Crippen LogP contribution in [0.1, 0.15) is 0 Å². The summed E-state index contributed by atoms with van der Waals surface area (Å²) in [4.78, 5) is 14.9. The van der Waals surface area contributed by atoms with Crippen LogP contribution in [0.4, 0.5) is 8.78 Å². The van der Waals surface area contributed by atoms with Crippen LogP contribution >= 0.6 is 27.5 Å². The summed E-state index contributed by atoms with van der Waals surface area (Å²) in [5, 5.41) is 2.98. The third-order valence-corrected chi connectivity index (χ3v) is 2.22. The van der Waals surface area contributed by atoms with Crippen LogP contribution in [0.3, 0.4) is 0 Å². The Labute approximate surface area is 84.1 Å². The number of nitrogens with zero attached hydrogens (tertiary/aromatic N) is 2. The lowest BCUT2D eigenvalue weighted by molar-refractivity contribution is -0.147. The maximum atomic E-state index is 11.7. The van der Waals surface area contributed by atoms with Crippen LogP contribution in [-0.4, -0.2) is 16.6 Å². The highest BCUT2D eigenvalue weighted by molar-refractivity contribution is 9.10. The normalized spacial score (nSPS) is 10.5. The Hall–Kier alpha value is -0.690. The summed E-state index contributed by atoms with van der Waals surface area (Å²) in [5.74, 6) is 0. The van der Waals surface area contributed by atoms with E-state index in [1.54, 1.807) is 0 Å². The lowest BCUT2D eigenvalue weighted by Gasteiger charge is -2.04. The van der Waals surface area contributed by atoms with Gasteiger partial charge in [0.15, 0.2) is 0 Å². The van der Waals surface area contributed by atoms with Gasteiger partial charge in [-0.05, 0) is 15.9 Å². The van der Waals surface area contributed by atoms with Crippen molar-refractivity contribution < 1.29 is 13.6 Å². The summed E-state index contributed by atoms with van der Waals surface area (Å²) < 4.78 is 23.5. The predicted molar refractivity (Wildman–Crippen MR) is 43.8 cm³/mol. The molecular formula is C5H2BrClF2N2O2. The summed E-state index contributed by atoms with van der Waals surface area (Å²) in [7, 11) is 0. The van der Waals surface area contributed by atoms with Crippen molar-refractivity contribution in [1.29, 1.82) is 0 Å². The zero-order chi connectivity index (χ0) is 10.0. The number of hydrogen-bond donors (Lipinski definition) is 0. The zero-order valence-electron chi connectivity index (χ0n) is 5.88. The van der Waals surface area contributed by atoms with Crippen molar-refractivity contribution in [1.82, 2.24) is 9.94 Å². The lowest BCUT2D eigenvalue weighted by atomic mass is 10.6. The molecule has 0 N–H and O–H groups in total. The van der Waals surface area contributed by atoms with Gasteiger partial charge in [-0.1, -0.05) is 16.4 Å². The van der Waals surface area contributed by atoms with Crippen LogP contribution in [0.25, 0.3) is 0 Å². The molecule has 0 aliphatic carbocycles. The smallest absolute Gasteiger partial charge is 0.323 e. The van der Waals surface area contributed by atoms with E-state index in [-0.39, 0.29) is 14.3 Å². The minimum atomic E-state index is -3.12. The number of alkyl halides is 2. The number of aromatic nitrogens is 2. The molecule has 0 saturated heterocycles. The van der Waals surface area contributed by atoms with E-state index in [9.17, 15) is 13.6 Å². The quantitative estimate of drug-likeness (QED) is 0.817. The van der Waals surface area contributed by atoms with E-state index in [1.807, 2.05) is 0 Å². The molecule has 0 radical (unpaired) electrons. The molecule has 0 amide bonds. The van der Waals surface area contributed by atoms with E-state index < -0.39 is 12.2 Å². The Morgan fingerprint density at radius 2 is 2.31 bits per heavy atom. The Bertz CT molecular complexity index is 370. The minimum Gasteiger partial charge on any atom is -0.323 e. The molecule has 0 spiro atoms. The topological polar surface area (TPSA) is 44.1 Å². The minimum absolute atomic E-state index is 0.123. The van der Waals surface area contributed by atoms with Crippen molar-refractivity contribution in [3.05, 3.63) is 26.0 Å². The molecule has 1 aromatic rings. The number of halogens is 4. The van der Waals surface area contributed by atoms with Gasteiger partial charge in [-0.3, -0.25) is 4.79 Å². The standard InChI is InChI=1S/C5H2BrClF2N2O2/c6-2-1-10-11(13-5(8)9)4(12)3(2)7/h1,5H. The molecule has 0 unspecified atom stereocenters. The first-order valence-corrected chi connectivity index (χ1v) is 4.08. The van der Waals surface area contributed by atoms with Gasteiger partial charge in [-0.15, -0.1) is 5.10 Å². The summed E-state index contributed by atoms with van der Waals surface area (Å²) in [6.45, 7) is -3.12. The van der Waals surface area contributed by atoms with Gasteiger partial charge in [0.25, 0.3) is 0 Å². The molecule has 0 bridgehead atoms. The Balaban J connectivity index is 3.12. The molecule has 0 aliphatic heterocycles. The average molecular weight is 275 g/mol. The van der Waals surface area contributed by atoms with Crippen LogP contribution in [0.5, 0.6) is 0 Å². The Morgan fingerprint density at radius 1 is 1.69 bits per heavy atom. The molecule has 0 aliphatic rings. The number of rotatable bonds is 2. The van der Waals surface area contributed by atoms with Gasteiger partial charge in [0.1, 0.15) is 5.02 Å². The van der Waals surface area contributed by atoms with Gasteiger partial charge in [0.2, 0.25) is 0 Å². The van der Waals surface area contributed by atoms with Gasteiger partial charge in [-0.25, -0.2) is 0 Å². The maximum absolute atomic E-state index is 11.7. The van der Waals surface area contributed by atoms with Crippen LogP contribution in [0.2, 0.25) is 5.02 Å². The van der Waals surface area contributed by atoms with Gasteiger partial charge >= 0.3 is 12.2 Å². The summed E-state index contributed by atoms with van der Waals surface area (Å²) >= 11 is 8.32. The van der Waals surface area contributed by atoms with Gasteiger partial charge in [-0.2, -0.15) is 8.78 Å². The van der Waals surface area contributed by atoms with E-state index in [1.165, 1.54) is 0 Å². The molecule has 0 atom stereocenters. The van der Waals surface area contributed by atoms with Crippen LogP contribution in [-0.2, 0) is 0 Å². The second-order valence-corrected chi connectivity index (χ2v) is 3.08. The average Bonchev–Trinajstić information content (AvgIpc) is 2.06. The van der Waals surface area contributed by atoms with Crippen molar-refractivity contribution in [2.75, 3.05) is 0 Å². The third kappa shape index (κ3) is 2.38.